The molecule has 0 bridgehead atoms. The average molecular weight is 1190 g/mol. The Morgan fingerprint density at radius 3 is 0.925 bits per heavy atom. The fourth-order valence-corrected chi connectivity index (χ4v) is 9.54. The van der Waals surface area contributed by atoms with Gasteiger partial charge in [-0.2, -0.15) is 132 Å². The van der Waals surface area contributed by atoms with Crippen LogP contribution in [0.3, 0.4) is 0 Å². The Hall–Kier alpha value is -6.94. The Morgan fingerprint density at radius 1 is 0.400 bits per heavy atom. The molecule has 6 aromatic carbocycles. The summed E-state index contributed by atoms with van der Waals surface area (Å²) in [5.74, 6) is -0.269. The van der Waals surface area contributed by atoms with Crippen molar-refractivity contribution in [2.45, 2.75) is 82.3 Å². The molecule has 29 heteroatoms. The van der Waals surface area contributed by atoms with E-state index >= 15 is 0 Å². The van der Waals surface area contributed by atoms with Crippen molar-refractivity contribution in [1.82, 2.24) is 0 Å². The number of para-hydroxylation sites is 1. The molecule has 0 saturated carbocycles. The third kappa shape index (κ3) is 14.1. The van der Waals surface area contributed by atoms with Crippen LogP contribution in [0, 0.1) is 0 Å². The summed E-state index contributed by atoms with van der Waals surface area (Å²) in [5.41, 5.74) is -28.5. The van der Waals surface area contributed by atoms with Crippen LogP contribution in [0.4, 0.5) is 105 Å². The minimum atomic E-state index is -6.13. The van der Waals surface area contributed by atoms with E-state index in [1.165, 1.54) is 11.3 Å². The summed E-state index contributed by atoms with van der Waals surface area (Å²) in [6, 6.07) is 9.41. The highest BCUT2D eigenvalue weighted by atomic mass is 32.1. The number of thiazole rings is 1. The maximum Gasteiger partial charge on any atom is 0.416 e. The van der Waals surface area contributed by atoms with Crippen molar-refractivity contribution in [2.24, 2.45) is 0 Å². The lowest BCUT2D eigenvalue weighted by Gasteiger charge is -2.46. The Bertz CT molecular complexity index is 2960. The quantitative estimate of drug-likeness (QED) is 0.0689. The minimum absolute atomic E-state index is 0.269. The normalized spacial score (nSPS) is 13.5. The molecule has 0 aliphatic rings. The number of esters is 1. The highest BCUT2D eigenvalue weighted by molar-refractivity contribution is 7.20. The standard InChI is InChI=1S/C32H12BF24.C19H20NO2S/c34-25(35,36)13-1-14(26(37,38)39)6-21(5-13)33(22-7-15(27(40,41)42)2-16(8-22)28(43,44)45,23-9-17(29(46,47)48)3-18(10-23)30(49,50)51)24-11-19(31(52,53)54)4-20(12-24)32(55,56)57;1-19(2,3)22-18(21)17-20(13-14-9-5-4-6-10-14)15-11-7-8-12-16(15)23-17/h1-12H;4-12H,13H2,1-3H3/q-1;+1. The molecule has 0 saturated heterocycles. The van der Waals surface area contributed by atoms with Gasteiger partial charge in [0.25, 0.3) is 0 Å². The van der Waals surface area contributed by atoms with Gasteiger partial charge >= 0.3 is 60.4 Å². The van der Waals surface area contributed by atoms with E-state index < -0.39 is 200 Å². The lowest BCUT2D eigenvalue weighted by Crippen LogP contribution is -2.75. The van der Waals surface area contributed by atoms with Crippen molar-refractivity contribution < 1.29 is 119 Å². The van der Waals surface area contributed by atoms with Crippen LogP contribution in [0.15, 0.2) is 127 Å². The summed E-state index contributed by atoms with van der Waals surface area (Å²) < 4.78 is 350. The lowest BCUT2D eigenvalue weighted by molar-refractivity contribution is -0.660. The molecule has 7 rings (SSSR count). The number of rotatable bonds is 7. The lowest BCUT2D eigenvalue weighted by atomic mass is 9.12. The van der Waals surface area contributed by atoms with Gasteiger partial charge in [-0.15, -0.1) is 0 Å². The molecule has 0 aliphatic heterocycles. The molecule has 0 atom stereocenters. The molecule has 0 N–H and O–H groups in total. The van der Waals surface area contributed by atoms with Crippen LogP contribution in [0.2, 0.25) is 0 Å². The predicted molar refractivity (Wildman–Crippen MR) is 243 cm³/mol. The van der Waals surface area contributed by atoms with E-state index in [1.54, 1.807) is 0 Å². The molecule has 0 amide bonds. The average Bonchev–Trinajstić information content (AvgIpc) is 3.67. The second kappa shape index (κ2) is 21.2. The maximum atomic E-state index is 14.2. The van der Waals surface area contributed by atoms with Crippen LogP contribution >= 0.6 is 11.3 Å². The zero-order valence-corrected chi connectivity index (χ0v) is 41.0. The predicted octanol–water partition coefficient (Wildman–Crippen LogP) is 15.4. The number of ether oxygens (including phenoxy) is 1. The van der Waals surface area contributed by atoms with E-state index in [0.29, 0.717) is 11.6 Å². The van der Waals surface area contributed by atoms with Gasteiger partial charge in [0.1, 0.15) is 16.4 Å². The Labute approximate surface area is 438 Å². The Morgan fingerprint density at radius 2 is 0.662 bits per heavy atom. The molecule has 430 valence electrons. The van der Waals surface area contributed by atoms with E-state index in [2.05, 4.69) is 12.1 Å². The van der Waals surface area contributed by atoms with Crippen LogP contribution in [-0.4, -0.2) is 17.7 Å². The van der Waals surface area contributed by atoms with Crippen molar-refractivity contribution in [2.75, 3.05) is 0 Å². The Balaban J connectivity index is 0.000000370. The van der Waals surface area contributed by atoms with Gasteiger partial charge in [-0.25, -0.2) is 4.79 Å². The van der Waals surface area contributed by atoms with Gasteiger partial charge in [-0.3, -0.25) is 0 Å². The number of halogens is 24. The number of alkyl halides is 24. The molecule has 1 heterocycles. The number of aromatic nitrogens is 1. The summed E-state index contributed by atoms with van der Waals surface area (Å²) in [4.78, 5) is 12.6. The first-order chi connectivity index (χ1) is 36.2. The monoisotopic (exact) mass is 1190 g/mol. The molecule has 80 heavy (non-hydrogen) atoms. The second-order valence-corrected chi connectivity index (χ2v) is 19.7. The molecule has 1 aromatic heterocycles. The number of carbonyl (C=O) groups excluding carboxylic acids is 1. The number of hydrogen-bond donors (Lipinski definition) is 0. The summed E-state index contributed by atoms with van der Waals surface area (Å²) in [6.07, 6.45) is -54.8. The highest BCUT2D eigenvalue weighted by Gasteiger charge is 2.47. The van der Waals surface area contributed by atoms with Crippen LogP contribution < -0.4 is 26.4 Å². The summed E-state index contributed by atoms with van der Waals surface area (Å²) >= 11 is 1.48. The van der Waals surface area contributed by atoms with Crippen LogP contribution in [0.5, 0.6) is 0 Å². The summed E-state index contributed by atoms with van der Waals surface area (Å²) in [5, 5.41) is 0.630. The van der Waals surface area contributed by atoms with Crippen LogP contribution in [-0.2, 0) is 60.7 Å². The summed E-state index contributed by atoms with van der Waals surface area (Å²) in [7, 11) is 0. The van der Waals surface area contributed by atoms with Crippen LogP contribution in [0.25, 0.3) is 10.2 Å². The summed E-state index contributed by atoms with van der Waals surface area (Å²) in [6.45, 7) is 6.32. The van der Waals surface area contributed by atoms with E-state index in [0.717, 1.165) is 15.8 Å². The van der Waals surface area contributed by atoms with E-state index in [9.17, 15) is 110 Å². The smallest absolute Gasteiger partial charge is 0.416 e. The maximum absolute atomic E-state index is 14.2. The van der Waals surface area contributed by atoms with E-state index in [4.69, 9.17) is 4.74 Å². The van der Waals surface area contributed by atoms with Gasteiger partial charge in [0.2, 0.25) is 5.52 Å². The number of carbonyl (C=O) groups is 1. The molecule has 7 aromatic rings. The molecule has 3 nitrogen and oxygen atoms in total. The van der Waals surface area contributed by atoms with Gasteiger partial charge in [0.05, 0.1) is 44.5 Å². The van der Waals surface area contributed by atoms with Crippen molar-refractivity contribution in [3.8, 4) is 0 Å². The number of fused-ring (bicyclic) bond motifs is 1. The molecule has 0 aliphatic carbocycles. The number of hydrogen-bond acceptors (Lipinski definition) is 3. The molecular formula is C51H32BF24NO2S. The first kappa shape index (κ1) is 62.3. The van der Waals surface area contributed by atoms with Crippen molar-refractivity contribution in [3.05, 3.63) is 182 Å². The largest absolute Gasteiger partial charge is 0.451 e. The molecule has 0 spiro atoms. The van der Waals surface area contributed by atoms with Gasteiger partial charge in [0, 0.05) is 11.6 Å². The Kier molecular flexibility index (Phi) is 16.5. The van der Waals surface area contributed by atoms with Crippen LogP contribution in [0.1, 0.15) is 80.6 Å². The highest BCUT2D eigenvalue weighted by Crippen LogP contribution is 2.41. The van der Waals surface area contributed by atoms with Crippen molar-refractivity contribution in [3.63, 3.8) is 0 Å². The van der Waals surface area contributed by atoms with E-state index in [1.807, 2.05) is 67.8 Å². The molecule has 0 fully saturated rings. The number of nitrogens with zero attached hydrogens (tertiary/aromatic N) is 1. The van der Waals surface area contributed by atoms with E-state index in [-0.39, 0.29) is 5.97 Å². The van der Waals surface area contributed by atoms with Gasteiger partial charge < -0.3 is 4.74 Å². The zero-order chi connectivity index (χ0) is 60.4. The zero-order valence-electron chi connectivity index (χ0n) is 40.2. The van der Waals surface area contributed by atoms with Crippen molar-refractivity contribution in [1.29, 1.82) is 0 Å². The topological polar surface area (TPSA) is 30.2 Å². The van der Waals surface area contributed by atoms with Crippen molar-refractivity contribution >= 4 is 55.5 Å². The van der Waals surface area contributed by atoms with Gasteiger partial charge in [-0.1, -0.05) is 102 Å². The third-order valence-corrected chi connectivity index (χ3v) is 13.0. The van der Waals surface area contributed by atoms with Gasteiger partial charge in [0.15, 0.2) is 6.54 Å². The minimum Gasteiger partial charge on any atom is -0.451 e. The first-order valence-electron chi connectivity index (χ1n) is 22.2. The fraction of sp³-hybridized carbons (Fsp3) is 0.255. The first-order valence-corrected chi connectivity index (χ1v) is 23.1. The molecule has 0 unspecified atom stereocenters. The fourth-order valence-electron chi connectivity index (χ4n) is 8.50. The molecular weight excluding hydrogens is 1160 g/mol. The SMILES string of the molecule is CC(C)(C)OC(=O)c1sc2ccccc2[n+]1Cc1ccccc1.FC(F)(F)c1cc([B-](c2cc(C(F)(F)F)cc(C(F)(F)F)c2)(c2cc(C(F)(F)F)cc(C(F)(F)F)c2)c2cc(C(F)(F)F)cc(C(F)(F)F)c2)cc(C(F)(F)F)c1. The number of benzene rings is 6. The molecule has 0 radical (unpaired) electrons. The second-order valence-electron chi connectivity index (χ2n) is 18.7. The van der Waals surface area contributed by atoms with Gasteiger partial charge in [-0.05, 0) is 51.1 Å². The third-order valence-electron chi connectivity index (χ3n) is 11.8.